The summed E-state index contributed by atoms with van der Waals surface area (Å²) in [5, 5.41) is 13.8. The topological polar surface area (TPSA) is 102 Å². The minimum absolute atomic E-state index is 0.0814. The van der Waals surface area contributed by atoms with E-state index in [9.17, 15) is 19.7 Å². The smallest absolute Gasteiger partial charge is 0.307 e. The Morgan fingerprint density at radius 2 is 2.00 bits per heavy atom. The third-order valence-electron chi connectivity index (χ3n) is 4.33. The molecule has 1 aromatic carbocycles. The summed E-state index contributed by atoms with van der Waals surface area (Å²) in [6.07, 6.45) is 2.92. The summed E-state index contributed by atoms with van der Waals surface area (Å²) in [7, 11) is 1.28. The van der Waals surface area contributed by atoms with Crippen LogP contribution in [0.4, 0.5) is 11.4 Å². The first-order chi connectivity index (χ1) is 11.9. The zero-order valence-electron chi connectivity index (χ0n) is 14.5. The predicted molar refractivity (Wildman–Crippen MR) is 92.3 cm³/mol. The highest BCUT2D eigenvalue weighted by Crippen LogP contribution is 2.26. The standard InChI is InChI=1S/C17H23N3O5/c1-12-6-7-13(14(10-12)20(23)24)18-17(22)15(11-16(21)25-2)19-8-4-3-5-9-19/h6-7,10,15H,3-5,8-9,11H2,1-2H3,(H,18,22)/t15-/m0/s1. The van der Waals surface area contributed by atoms with E-state index in [1.165, 1.54) is 19.2 Å². The molecule has 1 fully saturated rings. The van der Waals surface area contributed by atoms with E-state index in [-0.39, 0.29) is 17.8 Å². The highest BCUT2D eigenvalue weighted by Gasteiger charge is 2.31. The van der Waals surface area contributed by atoms with Crippen molar-refractivity contribution in [3.8, 4) is 0 Å². The molecule has 0 radical (unpaired) electrons. The molecule has 136 valence electrons. The van der Waals surface area contributed by atoms with Crippen LogP contribution < -0.4 is 5.32 Å². The van der Waals surface area contributed by atoms with E-state index in [0.717, 1.165) is 24.8 Å². The number of nitro groups is 1. The van der Waals surface area contributed by atoms with Gasteiger partial charge in [0, 0.05) is 6.07 Å². The Hall–Kier alpha value is -2.48. The second kappa shape index (κ2) is 8.57. The van der Waals surface area contributed by atoms with Gasteiger partial charge in [-0.1, -0.05) is 12.5 Å². The Labute approximate surface area is 146 Å². The minimum atomic E-state index is -0.700. The van der Waals surface area contributed by atoms with Gasteiger partial charge in [-0.3, -0.25) is 24.6 Å². The van der Waals surface area contributed by atoms with Crippen LogP contribution in [0.5, 0.6) is 0 Å². The quantitative estimate of drug-likeness (QED) is 0.480. The molecule has 1 aliphatic heterocycles. The molecule has 8 nitrogen and oxygen atoms in total. The van der Waals surface area contributed by atoms with Gasteiger partial charge in [-0.05, 0) is 44.5 Å². The van der Waals surface area contributed by atoms with Crippen LogP contribution >= 0.6 is 0 Å². The number of benzene rings is 1. The summed E-state index contributed by atoms with van der Waals surface area (Å²) < 4.78 is 4.70. The number of aryl methyl sites for hydroxylation is 1. The third-order valence-corrected chi connectivity index (χ3v) is 4.33. The molecule has 1 heterocycles. The number of esters is 1. The molecule has 0 unspecified atom stereocenters. The Kier molecular flexibility index (Phi) is 6.46. The number of piperidine rings is 1. The van der Waals surface area contributed by atoms with Gasteiger partial charge >= 0.3 is 5.97 Å². The molecule has 0 spiro atoms. The van der Waals surface area contributed by atoms with Crippen LogP contribution in [0.3, 0.4) is 0 Å². The number of rotatable bonds is 6. The van der Waals surface area contributed by atoms with Crippen LogP contribution in [0.1, 0.15) is 31.2 Å². The molecule has 1 saturated heterocycles. The van der Waals surface area contributed by atoms with Gasteiger partial charge in [-0.25, -0.2) is 0 Å². The molecule has 1 aliphatic rings. The number of amides is 1. The number of likely N-dealkylation sites (tertiary alicyclic amines) is 1. The molecular weight excluding hydrogens is 326 g/mol. The lowest BCUT2D eigenvalue weighted by Crippen LogP contribution is -2.47. The maximum Gasteiger partial charge on any atom is 0.307 e. The van der Waals surface area contributed by atoms with Crippen molar-refractivity contribution in [2.24, 2.45) is 0 Å². The van der Waals surface area contributed by atoms with E-state index in [0.29, 0.717) is 13.1 Å². The van der Waals surface area contributed by atoms with Gasteiger partial charge in [-0.15, -0.1) is 0 Å². The van der Waals surface area contributed by atoms with Crippen LogP contribution in [0.15, 0.2) is 18.2 Å². The van der Waals surface area contributed by atoms with Crippen molar-refractivity contribution in [2.45, 2.75) is 38.6 Å². The van der Waals surface area contributed by atoms with Gasteiger partial charge in [0.2, 0.25) is 5.91 Å². The highest BCUT2D eigenvalue weighted by molar-refractivity contribution is 5.98. The number of carbonyl (C=O) groups excluding carboxylic acids is 2. The second-order valence-corrected chi connectivity index (χ2v) is 6.16. The van der Waals surface area contributed by atoms with E-state index in [1.807, 2.05) is 4.90 Å². The molecule has 0 bridgehead atoms. The van der Waals surface area contributed by atoms with E-state index >= 15 is 0 Å². The zero-order valence-corrected chi connectivity index (χ0v) is 14.5. The van der Waals surface area contributed by atoms with Gasteiger partial charge in [0.1, 0.15) is 11.7 Å². The van der Waals surface area contributed by atoms with Crippen LogP contribution in [-0.4, -0.2) is 47.9 Å². The summed E-state index contributed by atoms with van der Waals surface area (Å²) in [6.45, 7) is 3.17. The molecular formula is C17H23N3O5. The summed E-state index contributed by atoms with van der Waals surface area (Å²) in [6, 6.07) is 3.91. The van der Waals surface area contributed by atoms with Gasteiger partial charge in [0.05, 0.1) is 18.5 Å². The van der Waals surface area contributed by atoms with Crippen molar-refractivity contribution in [2.75, 3.05) is 25.5 Å². The van der Waals surface area contributed by atoms with Crippen molar-refractivity contribution in [1.82, 2.24) is 4.90 Å². The summed E-state index contributed by atoms with van der Waals surface area (Å²) >= 11 is 0. The molecule has 1 atom stereocenters. The van der Waals surface area contributed by atoms with Gasteiger partial charge in [0.15, 0.2) is 0 Å². The number of ether oxygens (including phenoxy) is 1. The minimum Gasteiger partial charge on any atom is -0.469 e. The van der Waals surface area contributed by atoms with E-state index in [4.69, 9.17) is 4.74 Å². The first-order valence-electron chi connectivity index (χ1n) is 8.29. The second-order valence-electron chi connectivity index (χ2n) is 6.16. The monoisotopic (exact) mass is 349 g/mol. The van der Waals surface area contributed by atoms with Crippen molar-refractivity contribution >= 4 is 23.3 Å². The first kappa shape index (κ1) is 18.9. The van der Waals surface area contributed by atoms with Gasteiger partial charge in [0.25, 0.3) is 5.69 Å². The molecule has 0 aliphatic carbocycles. The molecule has 1 N–H and O–H groups in total. The Balaban J connectivity index is 2.21. The SMILES string of the molecule is COC(=O)C[C@@H](C(=O)Nc1ccc(C)cc1[N+](=O)[O-])N1CCCCC1. The number of carbonyl (C=O) groups is 2. The Bertz CT molecular complexity index is 656. The van der Waals surface area contributed by atoms with Crippen LogP contribution in [0.2, 0.25) is 0 Å². The molecule has 25 heavy (non-hydrogen) atoms. The Morgan fingerprint density at radius 1 is 1.32 bits per heavy atom. The number of nitrogens with one attached hydrogen (secondary N) is 1. The number of nitro benzene ring substituents is 1. The van der Waals surface area contributed by atoms with Crippen molar-refractivity contribution < 1.29 is 19.2 Å². The molecule has 0 aromatic heterocycles. The fraction of sp³-hybridized carbons (Fsp3) is 0.529. The van der Waals surface area contributed by atoms with Crippen molar-refractivity contribution in [3.05, 3.63) is 33.9 Å². The molecule has 1 aromatic rings. The maximum absolute atomic E-state index is 12.7. The van der Waals surface area contributed by atoms with Gasteiger partial charge in [-0.2, -0.15) is 0 Å². The van der Waals surface area contributed by atoms with Crippen LogP contribution in [0, 0.1) is 17.0 Å². The number of hydrogen-bond acceptors (Lipinski definition) is 6. The summed E-state index contributed by atoms with van der Waals surface area (Å²) in [4.78, 5) is 37.1. The van der Waals surface area contributed by atoms with E-state index in [1.54, 1.807) is 13.0 Å². The van der Waals surface area contributed by atoms with Gasteiger partial charge < -0.3 is 10.1 Å². The maximum atomic E-state index is 12.7. The third kappa shape index (κ3) is 4.99. The molecule has 8 heteroatoms. The number of hydrogen-bond donors (Lipinski definition) is 1. The lowest BCUT2D eigenvalue weighted by atomic mass is 10.0. The average Bonchev–Trinajstić information content (AvgIpc) is 2.61. The molecule has 2 rings (SSSR count). The molecule has 0 saturated carbocycles. The van der Waals surface area contributed by atoms with Crippen molar-refractivity contribution in [3.63, 3.8) is 0 Å². The lowest BCUT2D eigenvalue weighted by molar-refractivity contribution is -0.384. The fourth-order valence-electron chi connectivity index (χ4n) is 2.97. The Morgan fingerprint density at radius 3 is 2.60 bits per heavy atom. The average molecular weight is 349 g/mol. The van der Waals surface area contributed by atoms with E-state index < -0.39 is 22.8 Å². The lowest BCUT2D eigenvalue weighted by Gasteiger charge is -2.33. The summed E-state index contributed by atoms with van der Waals surface area (Å²) in [5.41, 5.74) is 0.697. The molecule has 1 amide bonds. The first-order valence-corrected chi connectivity index (χ1v) is 8.29. The number of anilines is 1. The normalized spacial score (nSPS) is 16.1. The summed E-state index contributed by atoms with van der Waals surface area (Å²) in [5.74, 6) is -0.914. The van der Waals surface area contributed by atoms with E-state index in [2.05, 4.69) is 5.32 Å². The number of nitrogens with zero attached hydrogens (tertiary/aromatic N) is 2. The zero-order chi connectivity index (χ0) is 18.4. The van der Waals surface area contributed by atoms with Crippen LogP contribution in [-0.2, 0) is 14.3 Å². The van der Waals surface area contributed by atoms with Crippen LogP contribution in [0.25, 0.3) is 0 Å². The fourth-order valence-corrected chi connectivity index (χ4v) is 2.97. The highest BCUT2D eigenvalue weighted by atomic mass is 16.6. The van der Waals surface area contributed by atoms with Crippen molar-refractivity contribution in [1.29, 1.82) is 0 Å². The largest absolute Gasteiger partial charge is 0.469 e. The number of methoxy groups -OCH3 is 1. The predicted octanol–water partition coefficient (Wildman–Crippen LogP) is 2.26.